The molecular weight excluding hydrogens is 357 g/mol. The number of fused-ring (bicyclic) bond motifs is 1. The second-order valence-corrected chi connectivity index (χ2v) is 6.96. The lowest BCUT2D eigenvalue weighted by Crippen LogP contribution is -2.37. The van der Waals surface area contributed by atoms with Gasteiger partial charge >= 0.3 is 5.97 Å². The Hall–Kier alpha value is -3.18. The third kappa shape index (κ3) is 3.37. The Balaban J connectivity index is 1.72. The van der Waals surface area contributed by atoms with Crippen LogP contribution in [-0.2, 0) is 11.2 Å². The van der Waals surface area contributed by atoms with E-state index in [-0.39, 0.29) is 5.82 Å². The average molecular weight is 377 g/mol. The van der Waals surface area contributed by atoms with Crippen LogP contribution in [0.15, 0.2) is 66.7 Å². The maximum atomic E-state index is 14.3. The number of aliphatic carboxylic acids is 1. The topological polar surface area (TPSA) is 72.5 Å². The summed E-state index contributed by atoms with van der Waals surface area (Å²) < 4.78 is 20.3. The fraction of sp³-hybridized carbons (Fsp3) is 0.174. The Morgan fingerprint density at radius 3 is 2.50 bits per heavy atom. The van der Waals surface area contributed by atoms with E-state index in [1.807, 2.05) is 24.3 Å². The van der Waals surface area contributed by atoms with E-state index in [1.165, 1.54) is 6.07 Å². The highest BCUT2D eigenvalue weighted by Gasteiger charge is 2.33. The van der Waals surface area contributed by atoms with Crippen LogP contribution in [0.3, 0.4) is 0 Å². The highest BCUT2D eigenvalue weighted by atomic mass is 19.1. The van der Waals surface area contributed by atoms with Crippen molar-refractivity contribution < 1.29 is 19.0 Å². The summed E-state index contributed by atoms with van der Waals surface area (Å²) in [6, 6.07) is 18.7. The van der Waals surface area contributed by atoms with Gasteiger partial charge in [0.15, 0.2) is 0 Å². The summed E-state index contributed by atoms with van der Waals surface area (Å²) in [5.74, 6) is -1.02. The molecule has 3 aromatic carbocycles. The summed E-state index contributed by atoms with van der Waals surface area (Å²) in [6.45, 7) is 0. The van der Waals surface area contributed by atoms with Crippen LogP contribution in [0.25, 0.3) is 11.1 Å². The molecule has 0 heterocycles. The molecule has 0 aromatic heterocycles. The molecule has 0 amide bonds. The Morgan fingerprint density at radius 2 is 1.75 bits per heavy atom. The van der Waals surface area contributed by atoms with Crippen LogP contribution in [0.5, 0.6) is 11.5 Å². The van der Waals surface area contributed by atoms with E-state index in [1.54, 1.807) is 36.4 Å². The fourth-order valence-electron chi connectivity index (χ4n) is 3.77. The minimum atomic E-state index is -0.933. The van der Waals surface area contributed by atoms with Crippen LogP contribution in [-0.4, -0.2) is 17.1 Å². The van der Waals surface area contributed by atoms with Crippen molar-refractivity contribution in [2.75, 3.05) is 0 Å². The number of hydrogen-bond acceptors (Lipinski definition) is 3. The van der Waals surface area contributed by atoms with E-state index in [2.05, 4.69) is 0 Å². The number of benzene rings is 3. The Bertz CT molecular complexity index is 1030. The normalized spacial score (nSPS) is 18.4. The number of hydrogen-bond donors (Lipinski definition) is 2. The van der Waals surface area contributed by atoms with Gasteiger partial charge in [-0.3, -0.25) is 4.79 Å². The lowest BCUT2D eigenvalue weighted by atomic mass is 9.79. The summed E-state index contributed by atoms with van der Waals surface area (Å²) in [4.78, 5) is 11.7. The van der Waals surface area contributed by atoms with E-state index < -0.39 is 17.9 Å². The van der Waals surface area contributed by atoms with Gasteiger partial charge in [-0.25, -0.2) is 4.39 Å². The van der Waals surface area contributed by atoms with Crippen LogP contribution in [0.4, 0.5) is 4.39 Å². The zero-order valence-corrected chi connectivity index (χ0v) is 15.1. The SMILES string of the molecule is NC1CCc2ccc(Oc3ccccc3-c3ccccc3F)cc2C1C(=O)O. The number of carboxylic acid groups (broad SMARTS) is 1. The predicted octanol–water partition coefficient (Wildman–Crippen LogP) is 4.73. The molecule has 0 saturated carbocycles. The molecule has 0 aliphatic heterocycles. The monoisotopic (exact) mass is 377 g/mol. The second kappa shape index (κ2) is 7.44. The summed E-state index contributed by atoms with van der Waals surface area (Å²) in [7, 11) is 0. The van der Waals surface area contributed by atoms with E-state index in [0.717, 1.165) is 12.0 Å². The highest BCUT2D eigenvalue weighted by Crippen LogP contribution is 2.38. The van der Waals surface area contributed by atoms with Crippen molar-refractivity contribution in [1.29, 1.82) is 0 Å². The van der Waals surface area contributed by atoms with Crippen molar-refractivity contribution in [1.82, 2.24) is 0 Å². The smallest absolute Gasteiger partial charge is 0.312 e. The van der Waals surface area contributed by atoms with Crippen molar-refractivity contribution in [2.45, 2.75) is 24.8 Å². The molecule has 3 N–H and O–H groups in total. The largest absolute Gasteiger partial charge is 0.481 e. The van der Waals surface area contributed by atoms with Crippen LogP contribution in [0.1, 0.15) is 23.5 Å². The maximum absolute atomic E-state index is 14.3. The zero-order valence-electron chi connectivity index (χ0n) is 15.1. The van der Waals surface area contributed by atoms with Gasteiger partial charge in [0.2, 0.25) is 0 Å². The number of aryl methyl sites for hydroxylation is 1. The Labute approximate surface area is 162 Å². The molecule has 142 valence electrons. The first kappa shape index (κ1) is 18.2. The Morgan fingerprint density at radius 1 is 1.04 bits per heavy atom. The molecule has 1 aliphatic carbocycles. The molecule has 4 rings (SSSR count). The van der Waals surface area contributed by atoms with Gasteiger partial charge in [-0.15, -0.1) is 0 Å². The van der Waals surface area contributed by atoms with Gasteiger partial charge in [0.25, 0.3) is 0 Å². The summed E-state index contributed by atoms with van der Waals surface area (Å²) in [5.41, 5.74) is 8.79. The van der Waals surface area contributed by atoms with Gasteiger partial charge in [-0.05, 0) is 48.2 Å². The lowest BCUT2D eigenvalue weighted by Gasteiger charge is -2.28. The molecule has 28 heavy (non-hydrogen) atoms. The first-order chi connectivity index (χ1) is 13.5. The second-order valence-electron chi connectivity index (χ2n) is 6.96. The van der Waals surface area contributed by atoms with E-state index in [4.69, 9.17) is 10.5 Å². The quantitative estimate of drug-likeness (QED) is 0.690. The Kier molecular flexibility index (Phi) is 4.84. The summed E-state index contributed by atoms with van der Waals surface area (Å²) in [5, 5.41) is 9.60. The van der Waals surface area contributed by atoms with Crippen molar-refractivity contribution in [2.24, 2.45) is 5.73 Å². The van der Waals surface area contributed by atoms with Crippen LogP contribution in [0, 0.1) is 5.82 Å². The third-order valence-corrected chi connectivity index (χ3v) is 5.17. The molecule has 0 fully saturated rings. The van der Waals surface area contributed by atoms with Gasteiger partial charge in [-0.1, -0.05) is 42.5 Å². The molecule has 4 nitrogen and oxygen atoms in total. The van der Waals surface area contributed by atoms with Crippen molar-refractivity contribution in [3.05, 3.63) is 83.7 Å². The lowest BCUT2D eigenvalue weighted by molar-refractivity contribution is -0.139. The molecule has 2 unspecified atom stereocenters. The molecule has 0 radical (unpaired) electrons. The zero-order chi connectivity index (χ0) is 19.7. The first-order valence-corrected chi connectivity index (χ1v) is 9.17. The number of para-hydroxylation sites is 1. The number of halogens is 1. The van der Waals surface area contributed by atoms with Crippen LogP contribution in [0.2, 0.25) is 0 Å². The predicted molar refractivity (Wildman–Crippen MR) is 105 cm³/mol. The number of ether oxygens (including phenoxy) is 1. The van der Waals surface area contributed by atoms with Gasteiger partial charge < -0.3 is 15.6 Å². The minimum Gasteiger partial charge on any atom is -0.481 e. The van der Waals surface area contributed by atoms with Crippen LogP contribution >= 0.6 is 0 Å². The average Bonchev–Trinajstić information content (AvgIpc) is 2.68. The van der Waals surface area contributed by atoms with Crippen molar-refractivity contribution in [3.63, 3.8) is 0 Å². The maximum Gasteiger partial charge on any atom is 0.312 e. The molecule has 3 aromatic rings. The number of nitrogens with two attached hydrogens (primary N) is 1. The van der Waals surface area contributed by atoms with Crippen molar-refractivity contribution in [3.8, 4) is 22.6 Å². The van der Waals surface area contributed by atoms with Gasteiger partial charge in [0.05, 0.1) is 5.92 Å². The first-order valence-electron chi connectivity index (χ1n) is 9.17. The fourth-order valence-corrected chi connectivity index (χ4v) is 3.77. The van der Waals surface area contributed by atoms with E-state index >= 15 is 0 Å². The number of carboxylic acids is 1. The molecule has 1 aliphatic rings. The van der Waals surface area contributed by atoms with Gasteiger partial charge in [0, 0.05) is 17.2 Å². The van der Waals surface area contributed by atoms with Gasteiger partial charge in [0.1, 0.15) is 17.3 Å². The molecule has 0 spiro atoms. The molecule has 2 atom stereocenters. The van der Waals surface area contributed by atoms with Crippen molar-refractivity contribution >= 4 is 5.97 Å². The summed E-state index contributed by atoms with van der Waals surface area (Å²) in [6.07, 6.45) is 1.38. The minimum absolute atomic E-state index is 0.332. The standard InChI is InChI=1S/C23H20FNO3/c24-19-7-3-1-5-16(19)17-6-2-4-8-21(17)28-15-11-9-14-10-12-20(25)22(23(26)27)18(14)13-15/h1-9,11,13,20,22H,10,12,25H2,(H,26,27). The molecular formula is C23H20FNO3. The molecule has 0 saturated heterocycles. The van der Waals surface area contributed by atoms with Crippen LogP contribution < -0.4 is 10.5 Å². The number of carbonyl (C=O) groups is 1. The number of rotatable bonds is 4. The summed E-state index contributed by atoms with van der Waals surface area (Å²) >= 11 is 0. The molecule has 0 bridgehead atoms. The molecule has 5 heteroatoms. The highest BCUT2D eigenvalue weighted by molar-refractivity contribution is 5.78. The van der Waals surface area contributed by atoms with E-state index in [0.29, 0.717) is 34.6 Å². The van der Waals surface area contributed by atoms with E-state index in [9.17, 15) is 14.3 Å². The van der Waals surface area contributed by atoms with Gasteiger partial charge in [-0.2, -0.15) is 0 Å². The third-order valence-electron chi connectivity index (χ3n) is 5.17.